The summed E-state index contributed by atoms with van der Waals surface area (Å²) in [6, 6.07) is 10.4. The highest BCUT2D eigenvalue weighted by atomic mass is 32.1. The molecule has 0 spiro atoms. The molecule has 2 aromatic heterocycles. The predicted molar refractivity (Wildman–Crippen MR) is 80.1 cm³/mol. The first kappa shape index (κ1) is 13.3. The molecule has 0 bridgehead atoms. The van der Waals surface area contributed by atoms with Crippen LogP contribution in [0.5, 0.6) is 0 Å². The van der Waals surface area contributed by atoms with Gasteiger partial charge in [0.1, 0.15) is 4.92 Å². The molecule has 3 aromatic rings. The van der Waals surface area contributed by atoms with E-state index in [1.807, 2.05) is 35.9 Å². The minimum atomic E-state index is -0.596. The van der Waals surface area contributed by atoms with Crippen LogP contribution in [-0.2, 0) is 7.05 Å². The monoisotopic (exact) mass is 302 g/mol. The van der Waals surface area contributed by atoms with Crippen LogP contribution in [0.4, 0.5) is 5.88 Å². The number of hydrogen-bond acceptors (Lipinski definition) is 5. The lowest BCUT2D eigenvalue weighted by atomic mass is 10.3. The largest absolute Gasteiger partial charge is 0.433 e. The lowest BCUT2D eigenvalue weighted by Crippen LogP contribution is -1.92. The summed E-state index contributed by atoms with van der Waals surface area (Å²) < 4.78 is 8.97. The van der Waals surface area contributed by atoms with Crippen LogP contribution in [0.15, 0.2) is 45.9 Å². The van der Waals surface area contributed by atoms with Gasteiger partial charge in [0.15, 0.2) is 5.76 Å². The Bertz CT molecular complexity index is 919. The maximum atomic E-state index is 10.6. The van der Waals surface area contributed by atoms with E-state index < -0.39 is 4.92 Å². The summed E-state index contributed by atoms with van der Waals surface area (Å²) in [5.74, 6) is -0.0329. The number of furan rings is 1. The molecular weight excluding hydrogens is 292 g/mol. The molecule has 0 N–H and O–H groups in total. The number of aryl methyl sites for hydroxylation is 1. The van der Waals surface area contributed by atoms with Gasteiger partial charge in [-0.25, -0.2) is 4.68 Å². The first-order chi connectivity index (χ1) is 10.1. The molecule has 7 nitrogen and oxygen atoms in total. The molecule has 0 aliphatic heterocycles. The van der Waals surface area contributed by atoms with Crippen molar-refractivity contribution in [2.24, 2.45) is 12.1 Å². The van der Waals surface area contributed by atoms with Gasteiger partial charge in [-0.1, -0.05) is 12.1 Å². The van der Waals surface area contributed by atoms with Crippen LogP contribution in [0.2, 0.25) is 0 Å². The third-order valence-electron chi connectivity index (χ3n) is 3.03. The molecule has 2 heterocycles. The number of fused-ring (bicyclic) bond motifs is 1. The van der Waals surface area contributed by atoms with E-state index in [1.165, 1.54) is 18.3 Å². The SMILES string of the molecule is Cn1c(=S)n(/N=C/c2ccc([N+](=O)[O-])o2)c2ccccc21. The second-order valence-electron chi connectivity index (χ2n) is 4.32. The molecular formula is C13H10N4O3S. The highest BCUT2D eigenvalue weighted by molar-refractivity contribution is 7.71. The van der Waals surface area contributed by atoms with Crippen molar-refractivity contribution in [1.82, 2.24) is 9.24 Å². The second-order valence-corrected chi connectivity index (χ2v) is 4.68. The van der Waals surface area contributed by atoms with Gasteiger partial charge in [-0.05, 0) is 30.4 Å². The van der Waals surface area contributed by atoms with E-state index in [0.29, 0.717) is 4.77 Å². The van der Waals surface area contributed by atoms with E-state index in [2.05, 4.69) is 5.10 Å². The molecule has 0 fully saturated rings. The van der Waals surface area contributed by atoms with Gasteiger partial charge in [0.05, 0.1) is 23.3 Å². The van der Waals surface area contributed by atoms with Crippen molar-refractivity contribution < 1.29 is 9.34 Å². The van der Waals surface area contributed by atoms with Crippen LogP contribution in [-0.4, -0.2) is 20.4 Å². The number of aromatic nitrogens is 2. The van der Waals surface area contributed by atoms with Gasteiger partial charge in [0, 0.05) is 7.05 Å². The molecule has 0 unspecified atom stereocenters. The van der Waals surface area contributed by atoms with Gasteiger partial charge in [0.25, 0.3) is 0 Å². The van der Waals surface area contributed by atoms with Crippen molar-refractivity contribution in [2.75, 3.05) is 0 Å². The third kappa shape index (κ3) is 2.25. The fourth-order valence-electron chi connectivity index (χ4n) is 2.01. The molecule has 0 saturated carbocycles. The normalized spacial score (nSPS) is 11.5. The lowest BCUT2D eigenvalue weighted by Gasteiger charge is -1.94. The smallest absolute Gasteiger partial charge is 0.400 e. The van der Waals surface area contributed by atoms with Gasteiger partial charge in [0.2, 0.25) is 4.77 Å². The number of benzene rings is 1. The molecule has 0 saturated heterocycles. The summed E-state index contributed by atoms with van der Waals surface area (Å²) in [5.41, 5.74) is 1.80. The summed E-state index contributed by atoms with van der Waals surface area (Å²) in [6.45, 7) is 0. The molecule has 0 amide bonds. The molecule has 21 heavy (non-hydrogen) atoms. The minimum Gasteiger partial charge on any atom is -0.400 e. The second kappa shape index (κ2) is 4.98. The van der Waals surface area contributed by atoms with Gasteiger partial charge in [-0.3, -0.25) is 10.1 Å². The summed E-state index contributed by atoms with van der Waals surface area (Å²) >= 11 is 5.33. The van der Waals surface area contributed by atoms with Crippen molar-refractivity contribution >= 4 is 35.4 Å². The number of rotatable bonds is 3. The zero-order valence-corrected chi connectivity index (χ0v) is 11.8. The van der Waals surface area contributed by atoms with E-state index in [1.54, 1.807) is 4.68 Å². The van der Waals surface area contributed by atoms with E-state index in [4.69, 9.17) is 16.6 Å². The summed E-state index contributed by atoms with van der Waals surface area (Å²) in [5, 5.41) is 14.8. The third-order valence-corrected chi connectivity index (χ3v) is 3.48. The fourth-order valence-corrected chi connectivity index (χ4v) is 2.25. The standard InChI is InChI=1S/C13H10N4O3S/c1-15-10-4-2-3-5-11(10)16(13(15)21)14-8-9-6-7-12(20-9)17(18)19/h2-8H,1H3/b14-8+. The lowest BCUT2D eigenvalue weighted by molar-refractivity contribution is -0.402. The maximum Gasteiger partial charge on any atom is 0.433 e. The highest BCUT2D eigenvalue weighted by Gasteiger charge is 2.11. The Labute approximate surface area is 123 Å². The zero-order chi connectivity index (χ0) is 15.0. The summed E-state index contributed by atoms with van der Waals surface area (Å²) in [6.07, 6.45) is 1.40. The van der Waals surface area contributed by atoms with E-state index in [-0.39, 0.29) is 11.6 Å². The molecule has 0 atom stereocenters. The van der Waals surface area contributed by atoms with Gasteiger partial charge in [-0.15, -0.1) is 0 Å². The Hall–Kier alpha value is -2.74. The van der Waals surface area contributed by atoms with Crippen LogP contribution in [0.25, 0.3) is 11.0 Å². The number of hydrogen-bond donors (Lipinski definition) is 0. The molecule has 0 radical (unpaired) electrons. The Morgan fingerprint density at radius 3 is 2.67 bits per heavy atom. The van der Waals surface area contributed by atoms with Crippen molar-refractivity contribution in [3.63, 3.8) is 0 Å². The quantitative estimate of drug-likeness (QED) is 0.322. The Kier molecular flexibility index (Phi) is 3.15. The Morgan fingerprint density at radius 1 is 1.29 bits per heavy atom. The van der Waals surface area contributed by atoms with E-state index in [9.17, 15) is 10.1 Å². The average Bonchev–Trinajstić information content (AvgIpc) is 3.04. The van der Waals surface area contributed by atoms with Crippen molar-refractivity contribution in [2.45, 2.75) is 0 Å². The molecule has 1 aromatic carbocycles. The minimum absolute atomic E-state index is 0.288. The van der Waals surface area contributed by atoms with E-state index >= 15 is 0 Å². The number of para-hydroxylation sites is 2. The van der Waals surface area contributed by atoms with Crippen LogP contribution < -0.4 is 0 Å². The predicted octanol–water partition coefficient (Wildman–Crippen LogP) is 3.09. The maximum absolute atomic E-state index is 10.6. The van der Waals surface area contributed by atoms with Crippen LogP contribution >= 0.6 is 12.2 Å². The molecule has 0 aliphatic rings. The number of nitrogens with zero attached hydrogens (tertiary/aromatic N) is 4. The topological polar surface area (TPSA) is 78.5 Å². The molecule has 3 rings (SSSR count). The highest BCUT2D eigenvalue weighted by Crippen LogP contribution is 2.17. The number of nitro groups is 1. The van der Waals surface area contributed by atoms with Crippen LogP contribution in [0.3, 0.4) is 0 Å². The van der Waals surface area contributed by atoms with Crippen molar-refractivity contribution in [3.05, 3.63) is 57.0 Å². The first-order valence-electron chi connectivity index (χ1n) is 6.03. The Balaban J connectivity index is 2.05. The van der Waals surface area contributed by atoms with Crippen LogP contribution in [0, 0.1) is 14.9 Å². The molecule has 0 aliphatic carbocycles. The zero-order valence-electron chi connectivity index (χ0n) is 11.0. The fraction of sp³-hybridized carbons (Fsp3) is 0.0769. The van der Waals surface area contributed by atoms with Gasteiger partial charge in [-0.2, -0.15) is 5.10 Å². The first-order valence-corrected chi connectivity index (χ1v) is 6.44. The number of imidazole rings is 1. The van der Waals surface area contributed by atoms with Crippen molar-refractivity contribution in [1.29, 1.82) is 0 Å². The molecule has 8 heteroatoms. The average molecular weight is 302 g/mol. The summed E-state index contributed by atoms with van der Waals surface area (Å²) in [7, 11) is 1.86. The van der Waals surface area contributed by atoms with Gasteiger partial charge >= 0.3 is 5.88 Å². The van der Waals surface area contributed by atoms with Crippen molar-refractivity contribution in [3.8, 4) is 0 Å². The van der Waals surface area contributed by atoms with Crippen LogP contribution in [0.1, 0.15) is 5.76 Å². The Morgan fingerprint density at radius 2 is 2.00 bits per heavy atom. The van der Waals surface area contributed by atoms with E-state index in [0.717, 1.165) is 11.0 Å². The summed E-state index contributed by atoms with van der Waals surface area (Å²) in [4.78, 5) is 9.97. The van der Waals surface area contributed by atoms with Gasteiger partial charge < -0.3 is 8.98 Å². The molecule has 106 valence electrons.